The number of benzene rings is 1. The molecule has 0 aliphatic heterocycles. The number of aromatic nitrogens is 1. The number of ether oxygens (including phenoxy) is 1. The molecule has 7 nitrogen and oxygen atoms in total. The number of nitrogens with two attached hydrogens (primary N) is 1. The summed E-state index contributed by atoms with van der Waals surface area (Å²) in [7, 11) is 0. The van der Waals surface area contributed by atoms with E-state index in [-0.39, 0.29) is 23.9 Å². The lowest BCUT2D eigenvalue weighted by atomic mass is 10.0. The number of furan rings is 1. The minimum Gasteiger partial charge on any atom is -0.473 e. The van der Waals surface area contributed by atoms with E-state index in [9.17, 15) is 14.0 Å². The van der Waals surface area contributed by atoms with E-state index in [1.165, 1.54) is 26.1 Å². The van der Waals surface area contributed by atoms with Crippen molar-refractivity contribution in [2.45, 2.75) is 32.9 Å². The first kappa shape index (κ1) is 19.3. The SMILES string of the molecule is Cc1oc2cnc(OCc3ccccc3F)cc2c1C(=O)NC(C)(C)C(N)=O. The Morgan fingerprint density at radius 2 is 2.04 bits per heavy atom. The highest BCUT2D eigenvalue weighted by Gasteiger charge is 2.30. The number of carbonyl (C=O) groups excluding carboxylic acids is 2. The average Bonchev–Trinajstić information content (AvgIpc) is 2.95. The molecule has 0 saturated heterocycles. The first-order valence-corrected chi connectivity index (χ1v) is 8.57. The molecular formula is C20H20FN3O4. The number of hydrogen-bond donors (Lipinski definition) is 2. The second-order valence-corrected chi connectivity index (χ2v) is 6.88. The van der Waals surface area contributed by atoms with Gasteiger partial charge in [-0.25, -0.2) is 9.37 Å². The van der Waals surface area contributed by atoms with Crippen LogP contribution in [0, 0.1) is 12.7 Å². The molecule has 0 fully saturated rings. The minimum absolute atomic E-state index is 0.0156. The second-order valence-electron chi connectivity index (χ2n) is 6.88. The van der Waals surface area contributed by atoms with E-state index >= 15 is 0 Å². The number of primary amides is 1. The topological polar surface area (TPSA) is 107 Å². The van der Waals surface area contributed by atoms with E-state index in [4.69, 9.17) is 14.9 Å². The summed E-state index contributed by atoms with van der Waals surface area (Å²) < 4.78 is 24.9. The molecule has 0 atom stereocenters. The van der Waals surface area contributed by atoms with E-state index in [2.05, 4.69) is 10.3 Å². The predicted molar refractivity (Wildman–Crippen MR) is 100 cm³/mol. The molecule has 2 amide bonds. The average molecular weight is 385 g/mol. The van der Waals surface area contributed by atoms with Crippen molar-refractivity contribution in [1.29, 1.82) is 0 Å². The van der Waals surface area contributed by atoms with Gasteiger partial charge in [0, 0.05) is 17.0 Å². The molecule has 28 heavy (non-hydrogen) atoms. The molecule has 2 aromatic heterocycles. The van der Waals surface area contributed by atoms with Crippen molar-refractivity contribution in [3.05, 3.63) is 59.2 Å². The van der Waals surface area contributed by atoms with E-state index in [0.29, 0.717) is 22.3 Å². The summed E-state index contributed by atoms with van der Waals surface area (Å²) in [5.41, 5.74) is 5.11. The molecule has 3 rings (SSSR count). The summed E-state index contributed by atoms with van der Waals surface area (Å²) in [6.45, 7) is 4.63. The Kier molecular flexibility index (Phi) is 5.04. The first-order valence-electron chi connectivity index (χ1n) is 8.57. The lowest BCUT2D eigenvalue weighted by Crippen LogP contribution is -2.53. The van der Waals surface area contributed by atoms with Gasteiger partial charge >= 0.3 is 0 Å². The fourth-order valence-electron chi connectivity index (χ4n) is 2.64. The highest BCUT2D eigenvalue weighted by Crippen LogP contribution is 2.28. The molecule has 1 aromatic carbocycles. The summed E-state index contributed by atoms with van der Waals surface area (Å²) in [5.74, 6) is -0.981. The van der Waals surface area contributed by atoms with Crippen LogP contribution in [0.5, 0.6) is 5.88 Å². The number of rotatable bonds is 6. The van der Waals surface area contributed by atoms with Crippen LogP contribution >= 0.6 is 0 Å². The minimum atomic E-state index is -1.23. The molecule has 0 aliphatic rings. The monoisotopic (exact) mass is 385 g/mol. The highest BCUT2D eigenvalue weighted by molar-refractivity contribution is 6.08. The summed E-state index contributed by atoms with van der Waals surface area (Å²) in [6, 6.07) is 7.80. The normalized spacial score (nSPS) is 11.4. The lowest BCUT2D eigenvalue weighted by molar-refractivity contribution is -0.122. The molecule has 8 heteroatoms. The van der Waals surface area contributed by atoms with E-state index in [1.54, 1.807) is 31.2 Å². The van der Waals surface area contributed by atoms with Crippen LogP contribution in [0.4, 0.5) is 4.39 Å². The Bertz CT molecular complexity index is 1060. The number of nitrogens with one attached hydrogen (secondary N) is 1. The summed E-state index contributed by atoms with van der Waals surface area (Å²) in [4.78, 5) is 28.3. The number of carbonyl (C=O) groups is 2. The van der Waals surface area contributed by atoms with Crippen molar-refractivity contribution < 1.29 is 23.1 Å². The third kappa shape index (κ3) is 3.80. The lowest BCUT2D eigenvalue weighted by Gasteiger charge is -2.22. The summed E-state index contributed by atoms with van der Waals surface area (Å²) in [6.07, 6.45) is 1.43. The molecule has 0 radical (unpaired) electrons. The van der Waals surface area contributed by atoms with Crippen molar-refractivity contribution in [3.8, 4) is 5.88 Å². The number of aryl methyl sites for hydroxylation is 1. The first-order chi connectivity index (χ1) is 13.2. The van der Waals surface area contributed by atoms with Crippen molar-refractivity contribution in [1.82, 2.24) is 10.3 Å². The molecule has 146 valence electrons. The summed E-state index contributed by atoms with van der Waals surface area (Å²) in [5, 5.41) is 3.06. The van der Waals surface area contributed by atoms with Gasteiger partial charge in [-0.2, -0.15) is 0 Å². The Morgan fingerprint density at radius 1 is 1.32 bits per heavy atom. The van der Waals surface area contributed by atoms with Crippen LogP contribution in [-0.4, -0.2) is 22.3 Å². The van der Waals surface area contributed by atoms with Crippen LogP contribution in [0.2, 0.25) is 0 Å². The van der Waals surface area contributed by atoms with Crippen molar-refractivity contribution in [2.75, 3.05) is 0 Å². The van der Waals surface area contributed by atoms with Crippen LogP contribution in [0.15, 0.2) is 40.9 Å². The van der Waals surface area contributed by atoms with Gasteiger partial charge in [0.25, 0.3) is 5.91 Å². The van der Waals surface area contributed by atoms with Crippen LogP contribution in [0.25, 0.3) is 11.0 Å². The molecule has 3 N–H and O–H groups in total. The van der Waals surface area contributed by atoms with Gasteiger partial charge in [0.15, 0.2) is 5.58 Å². The molecule has 0 spiro atoms. The standard InChI is InChI=1S/C20H20FN3O4/c1-11-17(18(25)24-20(2,3)19(22)26)13-8-16(23-9-15(13)28-11)27-10-12-6-4-5-7-14(12)21/h4-9H,10H2,1-3H3,(H2,22,26)(H,24,25). The van der Waals surface area contributed by atoms with Gasteiger partial charge in [0.2, 0.25) is 11.8 Å². The van der Waals surface area contributed by atoms with E-state index in [0.717, 1.165) is 0 Å². The molecule has 3 aromatic rings. The molecule has 0 bridgehead atoms. The maximum absolute atomic E-state index is 13.7. The number of amides is 2. The molecule has 0 unspecified atom stereocenters. The number of nitrogens with zero attached hydrogens (tertiary/aromatic N) is 1. The van der Waals surface area contributed by atoms with Gasteiger partial charge in [-0.05, 0) is 26.8 Å². The third-order valence-electron chi connectivity index (χ3n) is 4.33. The van der Waals surface area contributed by atoms with Gasteiger partial charge in [-0.1, -0.05) is 18.2 Å². The fourth-order valence-corrected chi connectivity index (χ4v) is 2.64. The Balaban J connectivity index is 1.89. The number of pyridine rings is 1. The van der Waals surface area contributed by atoms with Crippen molar-refractivity contribution in [2.24, 2.45) is 5.73 Å². The summed E-state index contributed by atoms with van der Waals surface area (Å²) >= 11 is 0. The maximum atomic E-state index is 13.7. The Hall–Kier alpha value is -3.42. The molecule has 0 saturated carbocycles. The Morgan fingerprint density at radius 3 is 2.71 bits per heavy atom. The molecule has 0 aliphatic carbocycles. The van der Waals surface area contributed by atoms with E-state index < -0.39 is 17.4 Å². The van der Waals surface area contributed by atoms with Gasteiger partial charge in [-0.3, -0.25) is 9.59 Å². The molecule has 2 heterocycles. The van der Waals surface area contributed by atoms with Gasteiger partial charge < -0.3 is 20.2 Å². The van der Waals surface area contributed by atoms with Gasteiger partial charge in [-0.15, -0.1) is 0 Å². The third-order valence-corrected chi connectivity index (χ3v) is 4.33. The van der Waals surface area contributed by atoms with Gasteiger partial charge in [0.1, 0.15) is 23.7 Å². The smallest absolute Gasteiger partial charge is 0.256 e. The van der Waals surface area contributed by atoms with Crippen LogP contribution in [0.1, 0.15) is 35.5 Å². The zero-order chi connectivity index (χ0) is 20.5. The zero-order valence-electron chi connectivity index (χ0n) is 15.7. The number of hydrogen-bond acceptors (Lipinski definition) is 5. The van der Waals surface area contributed by atoms with Crippen molar-refractivity contribution in [3.63, 3.8) is 0 Å². The van der Waals surface area contributed by atoms with Crippen LogP contribution in [-0.2, 0) is 11.4 Å². The second kappa shape index (κ2) is 7.30. The number of fused-ring (bicyclic) bond motifs is 1. The number of halogens is 1. The maximum Gasteiger partial charge on any atom is 0.256 e. The van der Waals surface area contributed by atoms with Crippen LogP contribution < -0.4 is 15.8 Å². The fraction of sp³-hybridized carbons (Fsp3) is 0.250. The molecular weight excluding hydrogens is 365 g/mol. The highest BCUT2D eigenvalue weighted by atomic mass is 19.1. The quantitative estimate of drug-likeness (QED) is 0.678. The van der Waals surface area contributed by atoms with E-state index in [1.807, 2.05) is 0 Å². The largest absolute Gasteiger partial charge is 0.473 e. The zero-order valence-corrected chi connectivity index (χ0v) is 15.7. The van der Waals surface area contributed by atoms with Gasteiger partial charge in [0.05, 0.1) is 11.8 Å². The Labute approximate surface area is 160 Å². The van der Waals surface area contributed by atoms with Crippen LogP contribution in [0.3, 0.4) is 0 Å². The predicted octanol–water partition coefficient (Wildman–Crippen LogP) is 2.85. The van der Waals surface area contributed by atoms with Crippen molar-refractivity contribution >= 4 is 22.8 Å².